The number of aryl methyl sites for hydroxylation is 1. The molecule has 0 spiro atoms. The van der Waals surface area contributed by atoms with Crippen molar-refractivity contribution >= 4 is 22.6 Å². The third kappa shape index (κ3) is 2.05. The maximum atomic E-state index is 12.3. The highest BCUT2D eigenvalue weighted by Crippen LogP contribution is 2.15. The summed E-state index contributed by atoms with van der Waals surface area (Å²) in [5.41, 5.74) is -0.658. The zero-order valence-electron chi connectivity index (χ0n) is 10.2. The number of fused-ring (bicyclic) bond motifs is 1. The third-order valence-corrected chi connectivity index (χ3v) is 3.52. The Kier molecular flexibility index (Phi) is 3.50. The van der Waals surface area contributed by atoms with Crippen molar-refractivity contribution in [1.29, 1.82) is 5.26 Å². The number of hydrogen-bond donors (Lipinski definition) is 0. The minimum atomic E-state index is -0.472. The minimum Gasteiger partial charge on any atom is -0.280 e. The first kappa shape index (κ1) is 13.1. The highest BCUT2D eigenvalue weighted by atomic mass is 32.1. The number of nitriles is 1. The fourth-order valence-electron chi connectivity index (χ4n) is 1.81. The SMILES string of the molecule is C#CCCCn1c(=O)c2c(C#N)snc2n(C)c1=O. The quantitative estimate of drug-likeness (QED) is 0.601. The monoisotopic (exact) mass is 274 g/mol. The first-order chi connectivity index (χ1) is 9.11. The summed E-state index contributed by atoms with van der Waals surface area (Å²) in [5, 5.41) is 9.18. The van der Waals surface area contributed by atoms with Gasteiger partial charge in [0.05, 0.1) is 0 Å². The minimum absolute atomic E-state index is 0.204. The molecule has 0 fully saturated rings. The summed E-state index contributed by atoms with van der Waals surface area (Å²) in [6, 6.07) is 1.93. The normalized spacial score (nSPS) is 10.3. The van der Waals surface area contributed by atoms with E-state index in [9.17, 15) is 9.59 Å². The van der Waals surface area contributed by atoms with E-state index in [-0.39, 0.29) is 22.5 Å². The van der Waals surface area contributed by atoms with Gasteiger partial charge >= 0.3 is 5.69 Å². The molecular formula is C12H10N4O2S. The van der Waals surface area contributed by atoms with E-state index >= 15 is 0 Å². The summed E-state index contributed by atoms with van der Waals surface area (Å²) >= 11 is 0.920. The van der Waals surface area contributed by atoms with Crippen molar-refractivity contribution in [3.05, 3.63) is 25.7 Å². The molecule has 0 unspecified atom stereocenters. The Morgan fingerprint density at radius 2 is 2.21 bits per heavy atom. The molecule has 2 aromatic heterocycles. The number of unbranched alkanes of at least 4 members (excludes halogenated alkanes) is 1. The predicted octanol–water partition coefficient (Wildman–Crippen LogP) is 0.442. The first-order valence-corrected chi connectivity index (χ1v) is 6.32. The van der Waals surface area contributed by atoms with Gasteiger partial charge in [-0.2, -0.15) is 9.64 Å². The highest BCUT2D eigenvalue weighted by Gasteiger charge is 2.17. The van der Waals surface area contributed by atoms with Gasteiger partial charge in [0.15, 0.2) is 5.65 Å². The van der Waals surface area contributed by atoms with E-state index in [0.29, 0.717) is 12.8 Å². The van der Waals surface area contributed by atoms with E-state index in [1.54, 1.807) is 0 Å². The summed E-state index contributed by atoms with van der Waals surface area (Å²) in [7, 11) is 1.53. The van der Waals surface area contributed by atoms with Crippen molar-refractivity contribution in [2.24, 2.45) is 7.05 Å². The predicted molar refractivity (Wildman–Crippen MR) is 71.9 cm³/mol. The molecule has 0 atom stereocenters. The van der Waals surface area contributed by atoms with Gasteiger partial charge in [0.2, 0.25) is 0 Å². The molecular weight excluding hydrogens is 264 g/mol. The summed E-state index contributed by atoms with van der Waals surface area (Å²) in [4.78, 5) is 24.5. The van der Waals surface area contributed by atoms with Crippen molar-refractivity contribution < 1.29 is 0 Å². The molecule has 0 saturated heterocycles. The van der Waals surface area contributed by atoms with Crippen LogP contribution in [0.4, 0.5) is 0 Å². The van der Waals surface area contributed by atoms with Gasteiger partial charge in [-0.05, 0) is 18.0 Å². The van der Waals surface area contributed by atoms with Crippen molar-refractivity contribution in [2.45, 2.75) is 19.4 Å². The van der Waals surface area contributed by atoms with Crippen LogP contribution in [-0.2, 0) is 13.6 Å². The van der Waals surface area contributed by atoms with Crippen LogP contribution in [0.2, 0.25) is 0 Å². The van der Waals surface area contributed by atoms with Gasteiger partial charge in [0, 0.05) is 20.0 Å². The van der Waals surface area contributed by atoms with Crippen LogP contribution < -0.4 is 11.2 Å². The van der Waals surface area contributed by atoms with Crippen molar-refractivity contribution in [2.75, 3.05) is 0 Å². The number of hydrogen-bond acceptors (Lipinski definition) is 5. The zero-order valence-corrected chi connectivity index (χ0v) is 11.0. The van der Waals surface area contributed by atoms with Gasteiger partial charge < -0.3 is 0 Å². The van der Waals surface area contributed by atoms with Crippen LogP contribution in [0.1, 0.15) is 17.7 Å². The fourth-order valence-corrected chi connectivity index (χ4v) is 2.51. The average Bonchev–Trinajstić information content (AvgIpc) is 2.84. The molecule has 6 nitrogen and oxygen atoms in total. The van der Waals surface area contributed by atoms with Crippen LogP contribution in [0.5, 0.6) is 0 Å². The van der Waals surface area contributed by atoms with E-state index in [4.69, 9.17) is 11.7 Å². The number of terminal acetylenes is 1. The van der Waals surface area contributed by atoms with Crippen LogP contribution >= 0.6 is 11.5 Å². The number of aromatic nitrogens is 3. The molecule has 7 heteroatoms. The van der Waals surface area contributed by atoms with Gasteiger partial charge in [-0.25, -0.2) is 4.79 Å². The van der Waals surface area contributed by atoms with Crippen molar-refractivity contribution in [1.82, 2.24) is 13.5 Å². The Morgan fingerprint density at radius 3 is 2.84 bits per heavy atom. The molecule has 19 heavy (non-hydrogen) atoms. The second-order valence-corrected chi connectivity index (χ2v) is 4.70. The molecule has 0 aliphatic heterocycles. The van der Waals surface area contributed by atoms with Crippen LogP contribution in [-0.4, -0.2) is 13.5 Å². The van der Waals surface area contributed by atoms with E-state index < -0.39 is 11.2 Å². The van der Waals surface area contributed by atoms with Crippen LogP contribution in [0.3, 0.4) is 0 Å². The van der Waals surface area contributed by atoms with E-state index in [0.717, 1.165) is 16.1 Å². The molecule has 2 aromatic rings. The summed E-state index contributed by atoms with van der Waals surface area (Å²) < 4.78 is 6.37. The summed E-state index contributed by atoms with van der Waals surface area (Å²) in [5.74, 6) is 2.46. The molecule has 0 saturated carbocycles. The van der Waals surface area contributed by atoms with Gasteiger partial charge in [-0.3, -0.25) is 13.9 Å². The molecule has 96 valence electrons. The van der Waals surface area contributed by atoms with Crippen LogP contribution in [0, 0.1) is 23.7 Å². The Hall–Kier alpha value is -2.38. The van der Waals surface area contributed by atoms with E-state index in [1.807, 2.05) is 6.07 Å². The lowest BCUT2D eigenvalue weighted by atomic mass is 10.3. The largest absolute Gasteiger partial charge is 0.332 e. The Bertz CT molecular complexity index is 829. The first-order valence-electron chi connectivity index (χ1n) is 5.54. The van der Waals surface area contributed by atoms with Crippen LogP contribution in [0.15, 0.2) is 9.59 Å². The maximum absolute atomic E-state index is 12.3. The fraction of sp³-hybridized carbons (Fsp3) is 0.333. The van der Waals surface area contributed by atoms with Gasteiger partial charge in [-0.1, -0.05) is 0 Å². The lowest BCUT2D eigenvalue weighted by Gasteiger charge is -2.06. The molecule has 2 heterocycles. The second-order valence-electron chi connectivity index (χ2n) is 3.93. The van der Waals surface area contributed by atoms with Gasteiger partial charge in [0.1, 0.15) is 16.3 Å². The molecule has 0 bridgehead atoms. The lowest BCUT2D eigenvalue weighted by Crippen LogP contribution is -2.39. The average molecular weight is 274 g/mol. The molecule has 2 rings (SSSR count). The lowest BCUT2D eigenvalue weighted by molar-refractivity contribution is 0.580. The molecule has 0 aromatic carbocycles. The number of nitrogens with zero attached hydrogens (tertiary/aromatic N) is 4. The van der Waals surface area contributed by atoms with Crippen molar-refractivity contribution in [3.8, 4) is 18.4 Å². The van der Waals surface area contributed by atoms with Gasteiger partial charge in [-0.15, -0.1) is 12.3 Å². The van der Waals surface area contributed by atoms with Crippen molar-refractivity contribution in [3.63, 3.8) is 0 Å². The topological polar surface area (TPSA) is 80.7 Å². The highest BCUT2D eigenvalue weighted by molar-refractivity contribution is 7.07. The number of rotatable bonds is 3. The molecule has 0 amide bonds. The Balaban J connectivity index is 2.72. The third-order valence-electron chi connectivity index (χ3n) is 2.77. The second kappa shape index (κ2) is 5.09. The Labute approximate surface area is 112 Å². The smallest absolute Gasteiger partial charge is 0.280 e. The molecule has 0 radical (unpaired) electrons. The Morgan fingerprint density at radius 1 is 1.47 bits per heavy atom. The van der Waals surface area contributed by atoms with Gasteiger partial charge in [0.25, 0.3) is 5.56 Å². The summed E-state index contributed by atoms with van der Waals surface area (Å²) in [6.45, 7) is 0.242. The van der Waals surface area contributed by atoms with E-state index in [2.05, 4.69) is 10.3 Å². The van der Waals surface area contributed by atoms with E-state index in [1.165, 1.54) is 11.6 Å². The maximum Gasteiger partial charge on any atom is 0.332 e. The van der Waals surface area contributed by atoms with Crippen LogP contribution in [0.25, 0.3) is 11.0 Å². The molecule has 0 aliphatic carbocycles. The summed E-state index contributed by atoms with van der Waals surface area (Å²) in [6.07, 6.45) is 6.17. The molecule has 0 N–H and O–H groups in total. The molecule has 0 aliphatic rings. The zero-order chi connectivity index (χ0) is 14.0. The standard InChI is InChI=1S/C12H10N4O2S/c1-3-4-5-6-16-11(17)9-8(7-13)19-14-10(9)15(2)12(16)18/h1H,4-6H2,2H3.